The Balaban J connectivity index is 1.27. The lowest BCUT2D eigenvalue weighted by Gasteiger charge is -2.35. The Morgan fingerprint density at radius 2 is 1.48 bits per heavy atom. The largest absolute Gasteiger partial charge is 0.492 e. The molecule has 0 atom stereocenters. The molecule has 9 heteroatoms. The Morgan fingerprint density at radius 1 is 0.903 bits per heavy atom. The number of piperazine rings is 1. The Kier molecular flexibility index (Phi) is 6.46. The molecule has 31 heavy (non-hydrogen) atoms. The van der Waals surface area contributed by atoms with Gasteiger partial charge in [-0.25, -0.2) is 0 Å². The van der Waals surface area contributed by atoms with Gasteiger partial charge >= 0.3 is 0 Å². The maximum Gasteiger partial charge on any atom is 0.262 e. The van der Waals surface area contributed by atoms with Gasteiger partial charge in [0.05, 0.1) is 21.2 Å². The number of hydrogen-bond acceptors (Lipinski definition) is 5. The highest BCUT2D eigenvalue weighted by atomic mass is 35.5. The van der Waals surface area contributed by atoms with Crippen molar-refractivity contribution in [3.63, 3.8) is 0 Å². The molecule has 0 unspecified atom stereocenters. The van der Waals surface area contributed by atoms with E-state index < -0.39 is 11.8 Å². The molecule has 0 spiro atoms. The van der Waals surface area contributed by atoms with Gasteiger partial charge in [-0.1, -0.05) is 41.4 Å². The van der Waals surface area contributed by atoms with Crippen LogP contribution in [0.2, 0.25) is 10.0 Å². The molecule has 2 heterocycles. The van der Waals surface area contributed by atoms with Gasteiger partial charge in [-0.15, -0.1) is 0 Å². The zero-order valence-corrected chi connectivity index (χ0v) is 18.2. The molecule has 1 fully saturated rings. The van der Waals surface area contributed by atoms with Crippen molar-refractivity contribution in [3.05, 3.63) is 63.6 Å². The number of amides is 3. The van der Waals surface area contributed by atoms with Crippen LogP contribution in [0.5, 0.6) is 5.75 Å². The van der Waals surface area contributed by atoms with Gasteiger partial charge in [-0.2, -0.15) is 0 Å². The zero-order chi connectivity index (χ0) is 22.0. The molecule has 0 radical (unpaired) electrons. The van der Waals surface area contributed by atoms with Crippen LogP contribution in [0.25, 0.3) is 0 Å². The summed E-state index contributed by atoms with van der Waals surface area (Å²) in [5.41, 5.74) is 0.353. The minimum absolute atomic E-state index is 0.176. The maximum absolute atomic E-state index is 12.7. The van der Waals surface area contributed by atoms with E-state index in [1.54, 1.807) is 4.90 Å². The van der Waals surface area contributed by atoms with E-state index in [4.69, 9.17) is 27.9 Å². The van der Waals surface area contributed by atoms with Crippen LogP contribution >= 0.6 is 23.2 Å². The summed E-state index contributed by atoms with van der Waals surface area (Å²) >= 11 is 11.9. The number of imide groups is 1. The number of para-hydroxylation sites is 1. The number of rotatable bonds is 6. The summed E-state index contributed by atoms with van der Waals surface area (Å²) in [6.07, 6.45) is 0. The number of fused-ring (bicyclic) bond motifs is 1. The average molecular weight is 462 g/mol. The fourth-order valence-corrected chi connectivity index (χ4v) is 4.02. The molecule has 3 amide bonds. The maximum atomic E-state index is 12.7. The fraction of sp³-hybridized carbons (Fsp3) is 0.318. The number of ether oxygens (including phenoxy) is 1. The van der Waals surface area contributed by atoms with E-state index in [2.05, 4.69) is 4.90 Å². The molecule has 0 bridgehead atoms. The molecule has 2 aliphatic rings. The first-order valence-corrected chi connectivity index (χ1v) is 10.7. The van der Waals surface area contributed by atoms with Gasteiger partial charge in [0.1, 0.15) is 18.9 Å². The highest BCUT2D eigenvalue weighted by molar-refractivity contribution is 6.43. The number of nitrogens with zero attached hydrogens (tertiary/aromatic N) is 3. The van der Waals surface area contributed by atoms with E-state index in [0.29, 0.717) is 32.8 Å². The van der Waals surface area contributed by atoms with Crippen molar-refractivity contribution in [3.8, 4) is 5.75 Å². The van der Waals surface area contributed by atoms with Gasteiger partial charge in [-0.05, 0) is 24.3 Å². The number of hydrogen-bond donors (Lipinski definition) is 0. The molecule has 0 saturated carbocycles. The summed E-state index contributed by atoms with van der Waals surface area (Å²) in [6.45, 7) is 3.51. The fourth-order valence-electron chi connectivity index (χ4n) is 3.69. The van der Waals surface area contributed by atoms with Crippen LogP contribution in [-0.4, -0.2) is 78.3 Å². The number of carbonyl (C=O) groups is 3. The molecule has 7 nitrogen and oxygen atoms in total. The van der Waals surface area contributed by atoms with E-state index in [0.717, 1.165) is 17.2 Å². The summed E-state index contributed by atoms with van der Waals surface area (Å²) in [5, 5.41) is 0.393. The van der Waals surface area contributed by atoms with Crippen molar-refractivity contribution in [2.45, 2.75) is 0 Å². The van der Waals surface area contributed by atoms with Gasteiger partial charge in [-0.3, -0.25) is 24.2 Å². The Morgan fingerprint density at radius 3 is 2.06 bits per heavy atom. The second kappa shape index (κ2) is 9.26. The molecule has 2 aliphatic heterocycles. The van der Waals surface area contributed by atoms with Gasteiger partial charge in [0.15, 0.2) is 0 Å². The van der Waals surface area contributed by atoms with Crippen LogP contribution in [0.1, 0.15) is 20.7 Å². The molecule has 4 rings (SSSR count). The van der Waals surface area contributed by atoms with Crippen LogP contribution in [-0.2, 0) is 4.79 Å². The predicted molar refractivity (Wildman–Crippen MR) is 117 cm³/mol. The monoisotopic (exact) mass is 461 g/mol. The molecule has 0 N–H and O–H groups in total. The lowest BCUT2D eigenvalue weighted by atomic mass is 10.1. The van der Waals surface area contributed by atoms with E-state index in [9.17, 15) is 14.4 Å². The van der Waals surface area contributed by atoms with Crippen molar-refractivity contribution in [2.75, 3.05) is 45.9 Å². The zero-order valence-electron chi connectivity index (χ0n) is 16.7. The quantitative estimate of drug-likeness (QED) is 0.618. The van der Waals surface area contributed by atoms with Crippen LogP contribution in [0.15, 0.2) is 42.5 Å². The molecule has 0 aromatic heterocycles. The van der Waals surface area contributed by atoms with Crippen molar-refractivity contribution in [2.24, 2.45) is 0 Å². The average Bonchev–Trinajstić information content (AvgIpc) is 2.99. The smallest absolute Gasteiger partial charge is 0.262 e. The number of benzene rings is 2. The molecule has 2 aromatic carbocycles. The Labute approximate surface area is 190 Å². The second-order valence-corrected chi connectivity index (χ2v) is 8.21. The minimum atomic E-state index is -0.524. The molecule has 2 aromatic rings. The first-order chi connectivity index (χ1) is 14.9. The van der Waals surface area contributed by atoms with E-state index in [-0.39, 0.29) is 33.6 Å². The molecular weight excluding hydrogens is 441 g/mol. The van der Waals surface area contributed by atoms with Crippen LogP contribution in [0.3, 0.4) is 0 Å². The summed E-state index contributed by atoms with van der Waals surface area (Å²) in [5.74, 6) is -0.473. The van der Waals surface area contributed by atoms with Crippen LogP contribution in [0.4, 0.5) is 0 Å². The molecule has 162 valence electrons. The number of carbonyl (C=O) groups excluding carboxylic acids is 3. The summed E-state index contributed by atoms with van der Waals surface area (Å²) in [7, 11) is 0. The molecular formula is C22H21Cl2N3O4. The number of halogens is 2. The van der Waals surface area contributed by atoms with E-state index in [1.807, 2.05) is 30.3 Å². The SMILES string of the molecule is O=C(CN1C(=O)c2cc(Cl)c(Cl)cc2C1=O)N1CCN(CCOc2ccccc2)CC1. The van der Waals surface area contributed by atoms with Gasteiger partial charge in [0.25, 0.3) is 11.8 Å². The van der Waals surface area contributed by atoms with Crippen LogP contribution in [0, 0.1) is 0 Å². The van der Waals surface area contributed by atoms with E-state index >= 15 is 0 Å². The molecule has 1 saturated heterocycles. The topological polar surface area (TPSA) is 70.2 Å². The lowest BCUT2D eigenvalue weighted by molar-refractivity contribution is -0.133. The Bertz CT molecular complexity index is 966. The summed E-state index contributed by atoms with van der Waals surface area (Å²) < 4.78 is 5.72. The normalized spacial score (nSPS) is 16.6. The third-order valence-electron chi connectivity index (χ3n) is 5.45. The summed E-state index contributed by atoms with van der Waals surface area (Å²) in [6, 6.07) is 12.4. The minimum Gasteiger partial charge on any atom is -0.492 e. The standard InChI is InChI=1S/C22H21Cl2N3O4/c23-18-12-16-17(13-19(18)24)22(30)27(21(16)29)14-20(28)26-8-6-25(7-9-26)10-11-31-15-4-2-1-3-5-15/h1-5,12-13H,6-11,14H2. The summed E-state index contributed by atoms with van der Waals surface area (Å²) in [4.78, 5) is 42.8. The second-order valence-electron chi connectivity index (χ2n) is 7.39. The first-order valence-electron chi connectivity index (χ1n) is 9.97. The highest BCUT2D eigenvalue weighted by Gasteiger charge is 2.38. The van der Waals surface area contributed by atoms with Gasteiger partial charge < -0.3 is 9.64 Å². The first kappa shape index (κ1) is 21.6. The predicted octanol–water partition coefficient (Wildman–Crippen LogP) is 2.81. The van der Waals surface area contributed by atoms with Crippen molar-refractivity contribution in [1.82, 2.24) is 14.7 Å². The third-order valence-corrected chi connectivity index (χ3v) is 6.17. The molecule has 0 aliphatic carbocycles. The van der Waals surface area contributed by atoms with Gasteiger partial charge in [0, 0.05) is 32.7 Å². The highest BCUT2D eigenvalue weighted by Crippen LogP contribution is 2.31. The van der Waals surface area contributed by atoms with Crippen molar-refractivity contribution >= 4 is 40.9 Å². The lowest BCUT2D eigenvalue weighted by Crippen LogP contribution is -2.52. The van der Waals surface area contributed by atoms with Crippen molar-refractivity contribution < 1.29 is 19.1 Å². The Hall–Kier alpha value is -2.61. The van der Waals surface area contributed by atoms with Gasteiger partial charge in [0.2, 0.25) is 5.91 Å². The van der Waals surface area contributed by atoms with Crippen LogP contribution < -0.4 is 4.74 Å². The van der Waals surface area contributed by atoms with E-state index in [1.165, 1.54) is 12.1 Å². The third kappa shape index (κ3) is 4.69. The van der Waals surface area contributed by atoms with Crippen molar-refractivity contribution in [1.29, 1.82) is 0 Å².